The van der Waals surface area contributed by atoms with Gasteiger partial charge in [-0.15, -0.1) is 0 Å². The van der Waals surface area contributed by atoms with E-state index in [4.69, 9.17) is 30.6 Å². The minimum Gasteiger partial charge on any atom is -0.387 e. The Morgan fingerprint density at radius 3 is 2.66 bits per heavy atom. The number of anilines is 1. The number of halogens is 2. The highest BCUT2D eigenvalue weighted by molar-refractivity contribution is 7.70. The third-order valence-corrected chi connectivity index (χ3v) is 9.25. The van der Waals surface area contributed by atoms with Crippen LogP contribution in [0.25, 0.3) is 11.0 Å². The van der Waals surface area contributed by atoms with E-state index in [1.165, 1.54) is 18.3 Å². The number of fused-ring (bicyclic) bond motifs is 1. The van der Waals surface area contributed by atoms with Gasteiger partial charge in [-0.3, -0.25) is 9.13 Å². The Balaban J connectivity index is 1.51. The molecule has 6 atom stereocenters. The number of rotatable bonds is 10. The van der Waals surface area contributed by atoms with Crippen molar-refractivity contribution in [1.29, 1.82) is 0 Å². The Labute approximate surface area is 220 Å². The monoisotopic (exact) mass is 595 g/mol. The molecule has 14 nitrogen and oxygen atoms in total. The molecule has 1 fully saturated rings. The van der Waals surface area contributed by atoms with Crippen LogP contribution in [-0.4, -0.2) is 81.5 Å². The van der Waals surface area contributed by atoms with E-state index in [0.29, 0.717) is 17.6 Å². The van der Waals surface area contributed by atoms with E-state index < -0.39 is 52.2 Å². The minimum absolute atomic E-state index is 0.137. The van der Waals surface area contributed by atoms with Gasteiger partial charge in [-0.2, -0.15) is 15.1 Å². The zero-order chi connectivity index (χ0) is 27.8. The first-order valence-corrected chi connectivity index (χ1v) is 15.1. The minimum atomic E-state index is -4.85. The second-order valence-electron chi connectivity index (χ2n) is 8.83. The first kappa shape index (κ1) is 29.0. The van der Waals surface area contributed by atoms with Gasteiger partial charge in [-0.1, -0.05) is 12.1 Å². The molecule has 6 N–H and O–H groups in total. The number of hydrogen-bond acceptors (Lipinski definition) is 10. The summed E-state index contributed by atoms with van der Waals surface area (Å²) < 4.78 is 47.9. The second-order valence-corrected chi connectivity index (χ2v) is 13.2. The van der Waals surface area contributed by atoms with Gasteiger partial charge < -0.3 is 39.5 Å². The van der Waals surface area contributed by atoms with Crippen molar-refractivity contribution < 1.29 is 47.7 Å². The number of aromatic nitrogens is 4. The third kappa shape index (κ3) is 6.93. The summed E-state index contributed by atoms with van der Waals surface area (Å²) >= 11 is 6.12. The van der Waals surface area contributed by atoms with Crippen molar-refractivity contribution in [3.8, 4) is 0 Å². The molecule has 3 heterocycles. The Bertz CT molecular complexity index is 1410. The van der Waals surface area contributed by atoms with Crippen molar-refractivity contribution in [3.05, 3.63) is 47.1 Å². The van der Waals surface area contributed by atoms with Crippen molar-refractivity contribution in [2.24, 2.45) is 0 Å². The normalized spacial score (nSPS) is 24.4. The lowest BCUT2D eigenvalue weighted by Crippen LogP contribution is -2.33. The molecule has 1 unspecified atom stereocenters. The average Bonchev–Trinajstić information content (AvgIpc) is 3.32. The highest BCUT2D eigenvalue weighted by Gasteiger charge is 2.46. The van der Waals surface area contributed by atoms with E-state index in [-0.39, 0.29) is 22.8 Å². The summed E-state index contributed by atoms with van der Waals surface area (Å²) in [4.78, 5) is 35.8. The lowest BCUT2D eigenvalue weighted by Gasteiger charge is -2.18. The topological polar surface area (TPSA) is 209 Å². The van der Waals surface area contributed by atoms with Crippen molar-refractivity contribution >= 4 is 43.6 Å². The van der Waals surface area contributed by atoms with Crippen LogP contribution in [0.15, 0.2) is 30.5 Å². The maximum absolute atomic E-state index is 13.5. The molecular formula is C20H25ClFN5O9P2. The predicted octanol–water partition coefficient (Wildman–Crippen LogP) is 1.62. The summed E-state index contributed by atoms with van der Waals surface area (Å²) in [6, 6.07) is 5.95. The van der Waals surface area contributed by atoms with Crippen molar-refractivity contribution in [1.82, 2.24) is 19.7 Å². The molecule has 2 aromatic heterocycles. The summed E-state index contributed by atoms with van der Waals surface area (Å²) in [6.45, 7) is 1.11. The van der Waals surface area contributed by atoms with Gasteiger partial charge in [0.05, 0.1) is 18.2 Å². The third-order valence-electron chi connectivity index (χ3n) is 5.62. The molecule has 18 heteroatoms. The molecule has 38 heavy (non-hydrogen) atoms. The van der Waals surface area contributed by atoms with Crippen LogP contribution >= 0.6 is 26.8 Å². The Morgan fingerprint density at radius 2 is 1.97 bits per heavy atom. The number of hydrogen-bond donors (Lipinski definition) is 6. The van der Waals surface area contributed by atoms with Crippen LogP contribution in [0.1, 0.15) is 18.7 Å². The number of nitrogens with one attached hydrogen (secondary N) is 1. The fraction of sp³-hybridized carbons (Fsp3) is 0.450. The summed E-state index contributed by atoms with van der Waals surface area (Å²) in [5.74, 6) is -1.46. The standard InChI is InChI=1S/C20H25ClFN5O9P2/c1-10(5-11-3-2-4-12(22)6-11)24-17-13-7-23-27(18(13)26-20(21)25-17)19-16(29)15(28)14(36-19)8-35-38(33,34)9-37(30,31)32/h2-4,6-7,10,14-16,19,28-29H,5,8-9H2,1H3,(H,33,34)(H,24,25,26)(H2,30,31,32)/t10-,14+,15+,16+,19+/m0/s1. The number of nitrogens with zero attached hydrogens (tertiary/aromatic N) is 4. The van der Waals surface area contributed by atoms with Gasteiger partial charge in [-0.25, -0.2) is 9.07 Å². The van der Waals surface area contributed by atoms with E-state index in [1.807, 2.05) is 6.92 Å². The van der Waals surface area contributed by atoms with Gasteiger partial charge in [0, 0.05) is 6.04 Å². The fourth-order valence-electron chi connectivity index (χ4n) is 4.03. The van der Waals surface area contributed by atoms with Gasteiger partial charge in [-0.05, 0) is 42.6 Å². The molecule has 1 aliphatic heterocycles. The van der Waals surface area contributed by atoms with Crippen LogP contribution in [0.4, 0.5) is 10.2 Å². The van der Waals surface area contributed by atoms with Crippen LogP contribution in [0.3, 0.4) is 0 Å². The molecule has 0 saturated carbocycles. The van der Waals surface area contributed by atoms with E-state index >= 15 is 0 Å². The molecule has 1 aliphatic rings. The molecule has 3 aromatic rings. The summed E-state index contributed by atoms with van der Waals surface area (Å²) in [5.41, 5.74) is 0.896. The first-order valence-electron chi connectivity index (χ1n) is 11.2. The zero-order valence-electron chi connectivity index (χ0n) is 19.7. The van der Waals surface area contributed by atoms with E-state index in [9.17, 15) is 28.6 Å². The van der Waals surface area contributed by atoms with Crippen LogP contribution in [0.5, 0.6) is 0 Å². The van der Waals surface area contributed by atoms with E-state index in [1.54, 1.807) is 12.1 Å². The molecule has 0 amide bonds. The fourth-order valence-corrected chi connectivity index (χ4v) is 6.76. The molecule has 0 radical (unpaired) electrons. The van der Waals surface area contributed by atoms with Crippen LogP contribution in [-0.2, 0) is 24.8 Å². The summed E-state index contributed by atoms with van der Waals surface area (Å²) in [7, 11) is -9.56. The maximum atomic E-state index is 13.5. The number of aliphatic hydroxyl groups is 2. The zero-order valence-corrected chi connectivity index (χ0v) is 22.2. The molecule has 0 bridgehead atoms. The Morgan fingerprint density at radius 1 is 1.24 bits per heavy atom. The van der Waals surface area contributed by atoms with Gasteiger partial charge >= 0.3 is 15.2 Å². The molecule has 1 aromatic carbocycles. The summed E-state index contributed by atoms with van der Waals surface area (Å²) in [6.07, 6.45) is -3.99. The van der Waals surface area contributed by atoms with Gasteiger partial charge in [0.2, 0.25) is 5.28 Å². The van der Waals surface area contributed by atoms with Gasteiger partial charge in [0.25, 0.3) is 0 Å². The van der Waals surface area contributed by atoms with Crippen molar-refractivity contribution in [2.45, 2.75) is 43.9 Å². The lowest BCUT2D eigenvalue weighted by atomic mass is 10.1. The van der Waals surface area contributed by atoms with E-state index in [2.05, 4.69) is 20.4 Å². The summed E-state index contributed by atoms with van der Waals surface area (Å²) in [5, 5.41) is 28.6. The smallest absolute Gasteiger partial charge is 0.340 e. The van der Waals surface area contributed by atoms with Crippen LogP contribution < -0.4 is 5.32 Å². The SMILES string of the molecule is C[C@@H](Cc1cccc(F)c1)Nc1nc(Cl)nc2c1cnn2[C@@H]1O[C@H](COP(=O)(O)CP(=O)(O)O)[C@@H](O)[C@H]1O. The number of ether oxygens (including phenoxy) is 1. The Hall–Kier alpha value is -2.03. The first-order chi connectivity index (χ1) is 17.7. The molecular weight excluding hydrogens is 571 g/mol. The highest BCUT2D eigenvalue weighted by atomic mass is 35.5. The number of benzene rings is 1. The lowest BCUT2D eigenvalue weighted by molar-refractivity contribution is -0.0541. The van der Waals surface area contributed by atoms with Crippen LogP contribution in [0.2, 0.25) is 5.28 Å². The van der Waals surface area contributed by atoms with Gasteiger partial charge in [0.1, 0.15) is 29.9 Å². The second kappa shape index (κ2) is 11.2. The number of aliphatic hydroxyl groups excluding tert-OH is 2. The van der Waals surface area contributed by atoms with Crippen molar-refractivity contribution in [2.75, 3.05) is 17.8 Å². The molecule has 0 aliphatic carbocycles. The molecule has 1 saturated heterocycles. The largest absolute Gasteiger partial charge is 0.387 e. The Kier molecular flexibility index (Phi) is 8.55. The van der Waals surface area contributed by atoms with Gasteiger partial charge in [0.15, 0.2) is 17.8 Å². The van der Waals surface area contributed by atoms with Crippen LogP contribution in [0, 0.1) is 5.82 Å². The quantitative estimate of drug-likeness (QED) is 0.146. The molecule has 4 rings (SSSR count). The predicted molar refractivity (Wildman–Crippen MR) is 132 cm³/mol. The van der Waals surface area contributed by atoms with E-state index in [0.717, 1.165) is 10.2 Å². The van der Waals surface area contributed by atoms with Crippen molar-refractivity contribution in [3.63, 3.8) is 0 Å². The highest BCUT2D eigenvalue weighted by Crippen LogP contribution is 2.55. The maximum Gasteiger partial charge on any atom is 0.340 e. The average molecular weight is 596 g/mol. The molecule has 0 spiro atoms. The molecule has 208 valence electrons.